The Kier molecular flexibility index (Phi) is 6.31. The number of carbonyl (C=O) groups is 1. The van der Waals surface area contributed by atoms with Gasteiger partial charge in [-0.3, -0.25) is 0 Å². The van der Waals surface area contributed by atoms with E-state index in [-0.39, 0.29) is 12.1 Å². The fraction of sp³-hybridized carbons (Fsp3) is 0.737. The van der Waals surface area contributed by atoms with Crippen LogP contribution in [0.5, 0.6) is 0 Å². The van der Waals surface area contributed by atoms with Crippen LogP contribution in [-0.2, 0) is 4.74 Å². The topological polar surface area (TPSA) is 79.4 Å². The van der Waals surface area contributed by atoms with E-state index in [1.165, 1.54) is 0 Å². The van der Waals surface area contributed by atoms with Crippen molar-refractivity contribution in [2.24, 2.45) is 0 Å². The van der Waals surface area contributed by atoms with E-state index >= 15 is 0 Å². The van der Waals surface area contributed by atoms with Crippen LogP contribution in [0.4, 0.5) is 16.6 Å². The Morgan fingerprint density at radius 1 is 1.08 bits per heavy atom. The van der Waals surface area contributed by atoms with Crippen LogP contribution in [-0.4, -0.2) is 47.8 Å². The molecule has 146 valence electrons. The number of ether oxygens (including phenoxy) is 1. The molecule has 1 heterocycles. The molecule has 2 rings (SSSR count). The van der Waals surface area contributed by atoms with Crippen LogP contribution in [0.2, 0.25) is 0 Å². The molecule has 0 radical (unpaired) electrons. The van der Waals surface area contributed by atoms with Crippen molar-refractivity contribution in [1.29, 1.82) is 0 Å². The third kappa shape index (κ3) is 5.75. The summed E-state index contributed by atoms with van der Waals surface area (Å²) in [5.74, 6) is 1.63. The molecule has 1 aliphatic carbocycles. The van der Waals surface area contributed by atoms with Crippen molar-refractivity contribution in [3.05, 3.63) is 11.3 Å². The molecule has 0 aliphatic heterocycles. The molecule has 7 nitrogen and oxygen atoms in total. The summed E-state index contributed by atoms with van der Waals surface area (Å²) in [5.41, 5.74) is 1.63. The Hall–Kier alpha value is -2.05. The van der Waals surface area contributed by atoms with Gasteiger partial charge in [0.1, 0.15) is 11.4 Å². The Morgan fingerprint density at radius 3 is 2.19 bits per heavy atom. The van der Waals surface area contributed by atoms with Gasteiger partial charge in [-0.15, -0.1) is 0 Å². The number of aromatic nitrogens is 2. The lowest BCUT2D eigenvalue weighted by Crippen LogP contribution is -2.42. The molecule has 7 heteroatoms. The summed E-state index contributed by atoms with van der Waals surface area (Å²) >= 11 is 0. The van der Waals surface area contributed by atoms with E-state index in [2.05, 4.69) is 20.6 Å². The van der Waals surface area contributed by atoms with Gasteiger partial charge in [0.2, 0.25) is 5.95 Å². The van der Waals surface area contributed by atoms with E-state index in [0.717, 1.165) is 42.8 Å². The van der Waals surface area contributed by atoms with Crippen molar-refractivity contribution in [2.75, 3.05) is 24.3 Å². The lowest BCUT2D eigenvalue weighted by Gasteiger charge is -2.30. The second kappa shape index (κ2) is 8.10. The molecule has 0 atom stereocenters. The Balaban J connectivity index is 1.88. The predicted octanol–water partition coefficient (Wildman–Crippen LogP) is 3.41. The molecule has 0 saturated heterocycles. The molecule has 0 bridgehead atoms. The molecule has 1 aliphatic rings. The highest BCUT2D eigenvalue weighted by molar-refractivity contribution is 5.68. The number of anilines is 2. The minimum Gasteiger partial charge on any atom is -0.444 e. The van der Waals surface area contributed by atoms with E-state index in [4.69, 9.17) is 4.74 Å². The van der Waals surface area contributed by atoms with Crippen molar-refractivity contribution in [2.45, 2.75) is 78.0 Å². The van der Waals surface area contributed by atoms with Crippen LogP contribution < -0.4 is 15.5 Å². The van der Waals surface area contributed by atoms with Crippen LogP contribution in [0, 0.1) is 13.8 Å². The number of hydrogen-bond donors (Lipinski definition) is 2. The molecule has 26 heavy (non-hydrogen) atoms. The fourth-order valence-electron chi connectivity index (χ4n) is 3.15. The molecular weight excluding hydrogens is 330 g/mol. The lowest BCUT2D eigenvalue weighted by molar-refractivity contribution is 0.0492. The SMILES string of the molecule is Cc1nc(NC2CCC(NC(=O)OC(C)(C)C)CC2)nc(N(C)C)c1C. The summed E-state index contributed by atoms with van der Waals surface area (Å²) in [6, 6.07) is 0.490. The van der Waals surface area contributed by atoms with Gasteiger partial charge in [0.15, 0.2) is 0 Å². The molecular formula is C19H33N5O2. The van der Waals surface area contributed by atoms with E-state index in [1.807, 2.05) is 53.6 Å². The number of nitrogens with one attached hydrogen (secondary N) is 2. The van der Waals surface area contributed by atoms with Crippen molar-refractivity contribution >= 4 is 17.9 Å². The predicted molar refractivity (Wildman–Crippen MR) is 105 cm³/mol. The minimum atomic E-state index is -0.465. The maximum atomic E-state index is 11.9. The quantitative estimate of drug-likeness (QED) is 0.853. The molecule has 1 fully saturated rings. The third-order valence-electron chi connectivity index (χ3n) is 4.57. The lowest BCUT2D eigenvalue weighted by atomic mass is 9.91. The van der Waals surface area contributed by atoms with Gasteiger partial charge in [0, 0.05) is 37.4 Å². The van der Waals surface area contributed by atoms with Gasteiger partial charge in [0.05, 0.1) is 0 Å². The molecule has 0 unspecified atom stereocenters. The highest BCUT2D eigenvalue weighted by Crippen LogP contribution is 2.24. The number of alkyl carbamates (subject to hydrolysis) is 1. The normalized spacial score (nSPS) is 20.4. The number of amides is 1. The van der Waals surface area contributed by atoms with Gasteiger partial charge >= 0.3 is 6.09 Å². The molecule has 0 aromatic carbocycles. The molecule has 1 saturated carbocycles. The smallest absolute Gasteiger partial charge is 0.407 e. The standard InChI is InChI=1S/C19H33N5O2/c1-12-13(2)20-17(23-16(12)24(6)7)21-14-8-10-15(11-9-14)22-18(25)26-19(3,4)5/h14-15H,8-11H2,1-7H3,(H,22,25)(H,20,21,23). The van der Waals surface area contributed by atoms with Crippen molar-refractivity contribution in [1.82, 2.24) is 15.3 Å². The second-order valence-corrected chi connectivity index (χ2v) is 8.31. The first-order valence-corrected chi connectivity index (χ1v) is 9.34. The summed E-state index contributed by atoms with van der Waals surface area (Å²) in [5, 5.41) is 6.44. The largest absolute Gasteiger partial charge is 0.444 e. The summed E-state index contributed by atoms with van der Waals surface area (Å²) in [6.07, 6.45) is 3.44. The first kappa shape index (κ1) is 20.3. The minimum absolute atomic E-state index is 0.168. The van der Waals surface area contributed by atoms with Gasteiger partial charge in [-0.1, -0.05) is 0 Å². The summed E-state index contributed by atoms with van der Waals surface area (Å²) < 4.78 is 5.33. The summed E-state index contributed by atoms with van der Waals surface area (Å²) in [4.78, 5) is 23.1. The van der Waals surface area contributed by atoms with E-state index in [9.17, 15) is 4.79 Å². The first-order valence-electron chi connectivity index (χ1n) is 9.34. The van der Waals surface area contributed by atoms with Crippen LogP contribution in [0.25, 0.3) is 0 Å². The monoisotopic (exact) mass is 363 g/mol. The van der Waals surface area contributed by atoms with Crippen LogP contribution >= 0.6 is 0 Å². The fourth-order valence-corrected chi connectivity index (χ4v) is 3.15. The number of nitrogens with zero attached hydrogens (tertiary/aromatic N) is 3. The van der Waals surface area contributed by atoms with Gasteiger partial charge in [0.25, 0.3) is 0 Å². The maximum absolute atomic E-state index is 11.9. The molecule has 1 aromatic heterocycles. The third-order valence-corrected chi connectivity index (χ3v) is 4.57. The molecule has 1 aromatic rings. The van der Waals surface area contributed by atoms with E-state index < -0.39 is 5.60 Å². The molecule has 2 N–H and O–H groups in total. The van der Waals surface area contributed by atoms with Crippen LogP contribution in [0.1, 0.15) is 57.7 Å². The number of aryl methyl sites for hydroxylation is 1. The number of carbonyl (C=O) groups excluding carboxylic acids is 1. The van der Waals surface area contributed by atoms with Gasteiger partial charge in [-0.25, -0.2) is 9.78 Å². The zero-order valence-electron chi connectivity index (χ0n) is 17.1. The molecule has 0 spiro atoms. The first-order chi connectivity index (χ1) is 12.0. The summed E-state index contributed by atoms with van der Waals surface area (Å²) in [7, 11) is 3.98. The van der Waals surface area contributed by atoms with Crippen LogP contribution in [0.15, 0.2) is 0 Å². The van der Waals surface area contributed by atoms with E-state index in [0.29, 0.717) is 12.0 Å². The highest BCUT2D eigenvalue weighted by Gasteiger charge is 2.25. The van der Waals surface area contributed by atoms with E-state index in [1.54, 1.807) is 0 Å². The average Bonchev–Trinajstić information content (AvgIpc) is 2.50. The van der Waals surface area contributed by atoms with Crippen LogP contribution in [0.3, 0.4) is 0 Å². The zero-order valence-corrected chi connectivity index (χ0v) is 17.1. The Labute approximate surface area is 156 Å². The average molecular weight is 364 g/mol. The Bertz CT molecular complexity index is 632. The van der Waals surface area contributed by atoms with Crippen molar-refractivity contribution in [3.63, 3.8) is 0 Å². The van der Waals surface area contributed by atoms with Gasteiger partial charge in [-0.2, -0.15) is 4.98 Å². The van der Waals surface area contributed by atoms with Crippen molar-refractivity contribution in [3.8, 4) is 0 Å². The van der Waals surface area contributed by atoms with Crippen molar-refractivity contribution < 1.29 is 9.53 Å². The summed E-state index contributed by atoms with van der Waals surface area (Å²) in [6.45, 7) is 9.68. The number of hydrogen-bond acceptors (Lipinski definition) is 6. The van der Waals surface area contributed by atoms with Gasteiger partial charge in [-0.05, 0) is 60.3 Å². The zero-order chi connectivity index (χ0) is 19.5. The highest BCUT2D eigenvalue weighted by atomic mass is 16.6. The Morgan fingerprint density at radius 2 is 1.65 bits per heavy atom. The van der Waals surface area contributed by atoms with Gasteiger partial charge < -0.3 is 20.3 Å². The second-order valence-electron chi connectivity index (χ2n) is 8.31. The maximum Gasteiger partial charge on any atom is 0.407 e. The molecule has 1 amide bonds. The number of rotatable bonds is 4.